The van der Waals surface area contributed by atoms with Crippen LogP contribution in [0.1, 0.15) is 39.2 Å². The number of thiophene rings is 1. The van der Waals surface area contributed by atoms with E-state index in [1.54, 1.807) is 0 Å². The Labute approximate surface area is 210 Å². The third kappa shape index (κ3) is 3.12. The Bertz CT molecular complexity index is 1570. The average Bonchev–Trinajstić information content (AvgIpc) is 3.44. The number of fused-ring (bicyclic) bond motifs is 6. The van der Waals surface area contributed by atoms with E-state index in [1.165, 1.54) is 36.8 Å². The van der Waals surface area contributed by atoms with E-state index in [0.29, 0.717) is 0 Å². The number of anilines is 2. The van der Waals surface area contributed by atoms with Crippen molar-refractivity contribution >= 4 is 57.5 Å². The summed E-state index contributed by atoms with van der Waals surface area (Å²) in [5.41, 5.74) is 4.20. The molecule has 174 valence electrons. The molecule has 35 heavy (non-hydrogen) atoms. The van der Waals surface area contributed by atoms with Crippen LogP contribution < -0.4 is 20.1 Å². The number of hydrogen-bond acceptors (Lipinski definition) is 4. The first kappa shape index (κ1) is 21.4. The fourth-order valence-corrected chi connectivity index (χ4v) is 6.84. The zero-order chi connectivity index (χ0) is 23.9. The summed E-state index contributed by atoms with van der Waals surface area (Å²) in [6.07, 6.45) is 4.97. The largest absolute Gasteiger partial charge is 0.494 e. The van der Waals surface area contributed by atoms with Crippen LogP contribution in [0.4, 0.5) is 11.4 Å². The maximum atomic E-state index is 6.41. The molecule has 0 radical (unpaired) electrons. The number of nitrogens with zero attached hydrogens (tertiary/aromatic N) is 1. The monoisotopic (exact) mass is 477 g/mol. The van der Waals surface area contributed by atoms with Crippen molar-refractivity contribution in [1.82, 2.24) is 0 Å². The van der Waals surface area contributed by atoms with E-state index in [-0.39, 0.29) is 30.3 Å². The number of para-hydroxylation sites is 1. The summed E-state index contributed by atoms with van der Waals surface area (Å²) in [5, 5.41) is 2.72. The second kappa shape index (κ2) is 7.33. The van der Waals surface area contributed by atoms with Crippen LogP contribution in [0.3, 0.4) is 0 Å². The van der Waals surface area contributed by atoms with Gasteiger partial charge in [-0.25, -0.2) is 0 Å². The van der Waals surface area contributed by atoms with Gasteiger partial charge in [0.15, 0.2) is 0 Å². The highest BCUT2D eigenvalue weighted by molar-refractivity contribution is 7.17. The molecule has 0 N–H and O–H groups in total. The summed E-state index contributed by atoms with van der Waals surface area (Å²) in [5.74, 6) is 0.262. The number of benzene rings is 3. The van der Waals surface area contributed by atoms with Crippen LogP contribution in [0.15, 0.2) is 72.8 Å². The van der Waals surface area contributed by atoms with E-state index in [9.17, 15) is 0 Å². The molecule has 3 heterocycles. The number of hydrogen-bond donors (Lipinski definition) is 0. The van der Waals surface area contributed by atoms with E-state index in [4.69, 9.17) is 9.31 Å². The SMILES string of the molecule is CC1(C)OB(c2ccc3c(c2)C2C=c4c(sc5ccccc45)=CC2N3c2ccccc2)OC1(C)C. The highest BCUT2D eigenvalue weighted by Gasteiger charge is 2.52. The van der Waals surface area contributed by atoms with Crippen LogP contribution in [0, 0.1) is 0 Å². The smallest absolute Gasteiger partial charge is 0.399 e. The summed E-state index contributed by atoms with van der Waals surface area (Å²) in [6.45, 7) is 8.45. The van der Waals surface area contributed by atoms with E-state index in [1.807, 2.05) is 11.3 Å². The van der Waals surface area contributed by atoms with Crippen molar-refractivity contribution in [2.75, 3.05) is 4.90 Å². The summed E-state index contributed by atoms with van der Waals surface area (Å²) in [7, 11) is -0.361. The van der Waals surface area contributed by atoms with Gasteiger partial charge in [0.1, 0.15) is 0 Å². The van der Waals surface area contributed by atoms with Gasteiger partial charge in [-0.15, -0.1) is 11.3 Å². The first-order chi connectivity index (χ1) is 16.8. The lowest BCUT2D eigenvalue weighted by molar-refractivity contribution is 0.00578. The summed E-state index contributed by atoms with van der Waals surface area (Å²) >= 11 is 1.89. The highest BCUT2D eigenvalue weighted by Crippen LogP contribution is 2.47. The molecule has 2 atom stereocenters. The molecule has 2 aliphatic heterocycles. The summed E-state index contributed by atoms with van der Waals surface area (Å²) < 4.78 is 15.5. The minimum absolute atomic E-state index is 0.238. The molecule has 0 bridgehead atoms. The van der Waals surface area contributed by atoms with Crippen molar-refractivity contribution in [3.8, 4) is 0 Å². The Kier molecular flexibility index (Phi) is 4.49. The Balaban J connectivity index is 1.41. The van der Waals surface area contributed by atoms with Crippen LogP contribution in [-0.2, 0) is 9.31 Å². The standard InChI is InChI=1S/C30H28BNO2S/c1-29(2)30(3,4)34-31(33-29)19-14-15-25-22(16-19)23-17-24-21-12-8-9-13-27(21)35-28(24)18-26(23)32(25)20-10-6-5-7-11-20/h5-18,23,26H,1-4H3. The Morgan fingerprint density at radius 1 is 0.829 bits per heavy atom. The first-order valence-electron chi connectivity index (χ1n) is 12.4. The molecule has 4 aromatic rings. The van der Waals surface area contributed by atoms with Crippen LogP contribution >= 0.6 is 11.3 Å². The van der Waals surface area contributed by atoms with Crippen LogP contribution in [0.2, 0.25) is 0 Å². The molecule has 3 aromatic carbocycles. The molecule has 3 nitrogen and oxygen atoms in total. The Morgan fingerprint density at radius 2 is 1.54 bits per heavy atom. The lowest BCUT2D eigenvalue weighted by Crippen LogP contribution is -2.41. The van der Waals surface area contributed by atoms with Crippen molar-refractivity contribution in [2.24, 2.45) is 0 Å². The predicted molar refractivity (Wildman–Crippen MR) is 147 cm³/mol. The Morgan fingerprint density at radius 3 is 2.31 bits per heavy atom. The molecule has 0 saturated carbocycles. The van der Waals surface area contributed by atoms with Crippen molar-refractivity contribution < 1.29 is 9.31 Å². The van der Waals surface area contributed by atoms with Gasteiger partial charge in [0, 0.05) is 26.5 Å². The lowest BCUT2D eigenvalue weighted by atomic mass is 9.77. The van der Waals surface area contributed by atoms with E-state index in [0.717, 1.165) is 5.46 Å². The van der Waals surface area contributed by atoms with Gasteiger partial charge in [-0.2, -0.15) is 0 Å². The third-order valence-corrected chi connectivity index (χ3v) is 9.38. The van der Waals surface area contributed by atoms with Crippen molar-refractivity contribution in [2.45, 2.75) is 50.9 Å². The molecule has 1 saturated heterocycles. The van der Waals surface area contributed by atoms with Gasteiger partial charge in [-0.1, -0.05) is 54.6 Å². The average molecular weight is 477 g/mol. The molecule has 1 fully saturated rings. The van der Waals surface area contributed by atoms with Crippen molar-refractivity contribution in [3.05, 3.63) is 88.1 Å². The van der Waals surface area contributed by atoms with E-state index >= 15 is 0 Å². The van der Waals surface area contributed by atoms with Gasteiger partial charge in [0.05, 0.1) is 17.2 Å². The van der Waals surface area contributed by atoms with Crippen molar-refractivity contribution in [1.29, 1.82) is 0 Å². The minimum atomic E-state index is -0.361. The second-order valence-electron chi connectivity index (χ2n) is 10.8. The van der Waals surface area contributed by atoms with E-state index in [2.05, 4.69) is 118 Å². The fraction of sp³-hybridized carbons (Fsp3) is 0.267. The van der Waals surface area contributed by atoms with Crippen LogP contribution in [-0.4, -0.2) is 24.4 Å². The molecular formula is C30H28BNO2S. The first-order valence-corrected chi connectivity index (χ1v) is 13.2. The maximum Gasteiger partial charge on any atom is 0.494 e. The van der Waals surface area contributed by atoms with Crippen LogP contribution in [0.5, 0.6) is 0 Å². The van der Waals surface area contributed by atoms with E-state index < -0.39 is 0 Å². The molecule has 7 rings (SSSR count). The quantitative estimate of drug-likeness (QED) is 0.376. The number of rotatable bonds is 2. The van der Waals surface area contributed by atoms with Gasteiger partial charge in [0.2, 0.25) is 0 Å². The fourth-order valence-electron chi connectivity index (χ4n) is 5.67. The highest BCUT2D eigenvalue weighted by atomic mass is 32.1. The second-order valence-corrected chi connectivity index (χ2v) is 11.9. The topological polar surface area (TPSA) is 21.7 Å². The minimum Gasteiger partial charge on any atom is -0.399 e. The molecular weight excluding hydrogens is 449 g/mol. The van der Waals surface area contributed by atoms with Gasteiger partial charge in [-0.05, 0) is 79.7 Å². The maximum absolute atomic E-state index is 6.41. The zero-order valence-corrected chi connectivity index (χ0v) is 21.3. The molecule has 1 aliphatic carbocycles. The lowest BCUT2D eigenvalue weighted by Gasteiger charge is -2.32. The zero-order valence-electron chi connectivity index (χ0n) is 20.5. The molecule has 5 heteroatoms. The summed E-state index contributed by atoms with van der Waals surface area (Å²) in [4.78, 5) is 2.50. The van der Waals surface area contributed by atoms with Crippen LogP contribution in [0.25, 0.3) is 22.2 Å². The van der Waals surface area contributed by atoms with Gasteiger partial charge in [-0.3, -0.25) is 0 Å². The molecule has 1 aromatic heterocycles. The van der Waals surface area contributed by atoms with Gasteiger partial charge < -0.3 is 14.2 Å². The van der Waals surface area contributed by atoms with Crippen molar-refractivity contribution in [3.63, 3.8) is 0 Å². The predicted octanol–water partition coefficient (Wildman–Crippen LogP) is 5.08. The molecule has 0 amide bonds. The normalized spacial score (nSPS) is 23.4. The summed E-state index contributed by atoms with van der Waals surface area (Å²) in [6, 6.07) is 26.5. The molecule has 3 aliphatic rings. The molecule has 2 unspecified atom stereocenters. The van der Waals surface area contributed by atoms with Gasteiger partial charge in [0.25, 0.3) is 0 Å². The molecule has 0 spiro atoms. The Hall–Kier alpha value is -2.86. The van der Waals surface area contributed by atoms with Gasteiger partial charge >= 0.3 is 7.12 Å². The third-order valence-electron chi connectivity index (χ3n) is 8.23.